The second-order valence-corrected chi connectivity index (χ2v) is 3.94. The molecule has 0 unspecified atom stereocenters. The Morgan fingerprint density at radius 3 is 2.47 bits per heavy atom. The summed E-state index contributed by atoms with van der Waals surface area (Å²) in [5, 5.41) is 11.9. The Kier molecular flexibility index (Phi) is 3.98. The lowest BCUT2D eigenvalue weighted by Gasteiger charge is -2.02. The predicted octanol–water partition coefficient (Wildman–Crippen LogP) is 3.74. The highest BCUT2D eigenvalue weighted by molar-refractivity contribution is 6.06. The van der Waals surface area contributed by atoms with Crippen molar-refractivity contribution < 1.29 is 14.6 Å². The molecule has 0 saturated heterocycles. The molecule has 0 bridgehead atoms. The van der Waals surface area contributed by atoms with Crippen LogP contribution in [0.25, 0.3) is 6.08 Å². The van der Waals surface area contributed by atoms with Gasteiger partial charge in [0.05, 0.1) is 7.11 Å². The summed E-state index contributed by atoms with van der Waals surface area (Å²) in [7, 11) is 1.44. The molecule has 0 heterocycles. The first kappa shape index (κ1) is 12.9. The van der Waals surface area contributed by atoms with Gasteiger partial charge in [-0.3, -0.25) is 9.90 Å². The molecule has 1 radical (unpaired) electrons. The van der Waals surface area contributed by atoms with E-state index >= 15 is 0 Å². The van der Waals surface area contributed by atoms with E-state index in [-0.39, 0.29) is 17.3 Å². The minimum absolute atomic E-state index is 0.136. The fraction of sp³-hybridized carbons (Fsp3) is 0.0625. The number of rotatable bonds is 4. The van der Waals surface area contributed by atoms with E-state index in [1.54, 1.807) is 42.5 Å². The number of para-hydroxylation sites is 1. The minimum atomic E-state index is -0.220. The molecule has 0 aliphatic heterocycles. The van der Waals surface area contributed by atoms with Gasteiger partial charge in [0.15, 0.2) is 11.5 Å². The van der Waals surface area contributed by atoms with Gasteiger partial charge < -0.3 is 4.74 Å². The molecule has 0 spiro atoms. The molecule has 0 amide bonds. The van der Waals surface area contributed by atoms with Crippen LogP contribution in [0.2, 0.25) is 0 Å². The maximum absolute atomic E-state index is 11.9. The third kappa shape index (κ3) is 3.01. The van der Waals surface area contributed by atoms with E-state index < -0.39 is 0 Å². The Morgan fingerprint density at radius 1 is 1.05 bits per heavy atom. The molecule has 3 heteroatoms. The van der Waals surface area contributed by atoms with E-state index in [1.165, 1.54) is 19.3 Å². The van der Waals surface area contributed by atoms with Gasteiger partial charge in [0.1, 0.15) is 0 Å². The van der Waals surface area contributed by atoms with Crippen LogP contribution in [0.15, 0.2) is 54.6 Å². The van der Waals surface area contributed by atoms with Crippen LogP contribution in [-0.2, 0) is 5.11 Å². The summed E-state index contributed by atoms with van der Waals surface area (Å²) >= 11 is 0. The maximum atomic E-state index is 11.9. The molecule has 19 heavy (non-hydrogen) atoms. The van der Waals surface area contributed by atoms with Crippen molar-refractivity contribution in [3.05, 3.63) is 65.7 Å². The van der Waals surface area contributed by atoms with Crippen molar-refractivity contribution in [2.24, 2.45) is 0 Å². The second kappa shape index (κ2) is 5.87. The van der Waals surface area contributed by atoms with E-state index in [0.717, 1.165) is 0 Å². The first-order chi connectivity index (χ1) is 9.22. The zero-order valence-corrected chi connectivity index (χ0v) is 10.5. The fourth-order valence-electron chi connectivity index (χ4n) is 1.69. The molecule has 95 valence electrons. The van der Waals surface area contributed by atoms with Gasteiger partial charge in [-0.05, 0) is 18.2 Å². The lowest BCUT2D eigenvalue weighted by molar-refractivity contribution is 0.104. The van der Waals surface area contributed by atoms with Crippen LogP contribution in [0.4, 0.5) is 0 Å². The van der Waals surface area contributed by atoms with Crippen LogP contribution in [0.3, 0.4) is 0 Å². The van der Waals surface area contributed by atoms with Crippen LogP contribution in [0.1, 0.15) is 15.9 Å². The average molecular weight is 253 g/mol. The highest BCUT2D eigenvalue weighted by Crippen LogP contribution is 2.30. The Morgan fingerprint density at radius 2 is 1.79 bits per heavy atom. The summed E-state index contributed by atoms with van der Waals surface area (Å²) in [4.78, 5) is 11.9. The third-order valence-corrected chi connectivity index (χ3v) is 2.70. The van der Waals surface area contributed by atoms with Gasteiger partial charge in [-0.25, -0.2) is 0 Å². The molecule has 0 fully saturated rings. The van der Waals surface area contributed by atoms with Gasteiger partial charge in [-0.15, -0.1) is 0 Å². The fourth-order valence-corrected chi connectivity index (χ4v) is 1.69. The number of hydrogen-bond donors (Lipinski definition) is 0. The number of ether oxygens (including phenoxy) is 1. The quantitative estimate of drug-likeness (QED) is 0.615. The van der Waals surface area contributed by atoms with Crippen LogP contribution < -0.4 is 4.74 Å². The highest BCUT2D eigenvalue weighted by Gasteiger charge is 2.07. The molecule has 2 aromatic carbocycles. The van der Waals surface area contributed by atoms with Crippen LogP contribution >= 0.6 is 0 Å². The van der Waals surface area contributed by atoms with Gasteiger partial charge in [0.25, 0.3) is 0 Å². The second-order valence-electron chi connectivity index (χ2n) is 3.94. The predicted molar refractivity (Wildman–Crippen MR) is 72.9 cm³/mol. The van der Waals surface area contributed by atoms with Crippen molar-refractivity contribution in [2.75, 3.05) is 7.11 Å². The summed E-state index contributed by atoms with van der Waals surface area (Å²) in [5.41, 5.74) is 1.03. The molecule has 0 N–H and O–H groups in total. The number of carbonyl (C=O) groups excluding carboxylic acids is 1. The van der Waals surface area contributed by atoms with Crippen molar-refractivity contribution in [1.29, 1.82) is 0 Å². The molecule has 0 atom stereocenters. The molecule has 2 rings (SSSR count). The SMILES string of the molecule is COc1cccc(/C=C/C(=O)c2ccccc2)c1[O]. The minimum Gasteiger partial charge on any atom is -0.493 e. The molecular formula is C16H13O3. The number of hydrogen-bond acceptors (Lipinski definition) is 2. The van der Waals surface area contributed by atoms with Gasteiger partial charge >= 0.3 is 0 Å². The topological polar surface area (TPSA) is 46.2 Å². The van der Waals surface area contributed by atoms with Gasteiger partial charge in [-0.1, -0.05) is 42.5 Å². The van der Waals surface area contributed by atoms with Gasteiger partial charge in [-0.2, -0.15) is 0 Å². The molecule has 0 aromatic heterocycles. The number of carbonyl (C=O) groups is 1. The Labute approximate surface area is 111 Å². The molecule has 0 aliphatic rings. The summed E-state index contributed by atoms with van der Waals surface area (Å²) in [6.07, 6.45) is 2.91. The van der Waals surface area contributed by atoms with Crippen LogP contribution in [-0.4, -0.2) is 12.9 Å². The summed E-state index contributed by atoms with van der Waals surface area (Å²) in [6, 6.07) is 13.9. The van der Waals surface area contributed by atoms with Crippen LogP contribution in [0, 0.1) is 0 Å². The first-order valence-electron chi connectivity index (χ1n) is 5.84. The summed E-state index contributed by atoms with van der Waals surface area (Å²) in [6.45, 7) is 0. The zero-order valence-electron chi connectivity index (χ0n) is 10.5. The van der Waals surface area contributed by atoms with E-state index in [9.17, 15) is 9.90 Å². The first-order valence-corrected chi connectivity index (χ1v) is 5.84. The van der Waals surface area contributed by atoms with Gasteiger partial charge in [0, 0.05) is 11.1 Å². The number of ketones is 1. The standard InChI is InChI=1S/C16H13O3/c1-19-15-9-5-8-13(16(15)18)10-11-14(17)12-6-3-2-4-7-12/h2-11H,1H3/b11-10+. The maximum Gasteiger partial charge on any atom is 0.227 e. The van der Waals surface area contributed by atoms with Crippen LogP contribution in [0.5, 0.6) is 11.5 Å². The zero-order chi connectivity index (χ0) is 13.7. The van der Waals surface area contributed by atoms with Crippen molar-refractivity contribution in [2.45, 2.75) is 0 Å². The Bertz CT molecular complexity index is 601. The monoisotopic (exact) mass is 253 g/mol. The van der Waals surface area contributed by atoms with E-state index in [0.29, 0.717) is 11.1 Å². The van der Waals surface area contributed by atoms with E-state index in [2.05, 4.69) is 0 Å². The molecule has 0 aliphatic carbocycles. The number of allylic oxidation sites excluding steroid dienone is 1. The van der Waals surface area contributed by atoms with Gasteiger partial charge in [0.2, 0.25) is 5.75 Å². The van der Waals surface area contributed by atoms with E-state index in [1.807, 2.05) is 6.07 Å². The lowest BCUT2D eigenvalue weighted by atomic mass is 10.1. The summed E-state index contributed by atoms with van der Waals surface area (Å²) < 4.78 is 4.95. The smallest absolute Gasteiger partial charge is 0.227 e. The number of benzene rings is 2. The summed E-state index contributed by atoms with van der Waals surface area (Å²) in [5.74, 6) is -0.0840. The highest BCUT2D eigenvalue weighted by atomic mass is 16.5. The normalized spacial score (nSPS) is 10.6. The van der Waals surface area contributed by atoms with Crippen molar-refractivity contribution in [1.82, 2.24) is 0 Å². The van der Waals surface area contributed by atoms with Crippen molar-refractivity contribution in [3.8, 4) is 11.5 Å². The molecular weight excluding hydrogens is 240 g/mol. The molecule has 0 saturated carbocycles. The Hall–Kier alpha value is -2.55. The average Bonchev–Trinajstić information content (AvgIpc) is 2.47. The number of methoxy groups -OCH3 is 1. The molecule has 2 aromatic rings. The largest absolute Gasteiger partial charge is 0.493 e. The Balaban J connectivity index is 2.22. The van der Waals surface area contributed by atoms with Crippen molar-refractivity contribution >= 4 is 11.9 Å². The van der Waals surface area contributed by atoms with E-state index in [4.69, 9.17) is 4.74 Å². The van der Waals surface area contributed by atoms with Crippen molar-refractivity contribution in [3.63, 3.8) is 0 Å². The third-order valence-electron chi connectivity index (χ3n) is 2.70. The molecule has 3 nitrogen and oxygen atoms in total. The lowest BCUT2D eigenvalue weighted by Crippen LogP contribution is -1.92.